The van der Waals surface area contributed by atoms with Gasteiger partial charge in [-0.1, -0.05) is 11.6 Å². The van der Waals surface area contributed by atoms with Crippen molar-refractivity contribution in [3.63, 3.8) is 0 Å². The van der Waals surface area contributed by atoms with Gasteiger partial charge in [0.25, 0.3) is 0 Å². The van der Waals surface area contributed by atoms with Crippen LogP contribution >= 0.6 is 11.6 Å². The number of halogens is 1. The third-order valence-electron chi connectivity index (χ3n) is 2.06. The average Bonchev–Trinajstić information content (AvgIpc) is 2.42. The van der Waals surface area contributed by atoms with Crippen LogP contribution in [-0.2, 0) is 7.05 Å². The fourth-order valence-electron chi connectivity index (χ4n) is 1.35. The van der Waals surface area contributed by atoms with Gasteiger partial charge < -0.3 is 9.59 Å². The first-order valence-electron chi connectivity index (χ1n) is 3.81. The van der Waals surface area contributed by atoms with E-state index in [1.54, 1.807) is 12.3 Å². The van der Waals surface area contributed by atoms with E-state index in [1.165, 1.54) is 0 Å². The molecule has 0 amide bonds. The quantitative estimate of drug-likeness (QED) is 0.528. The summed E-state index contributed by atoms with van der Waals surface area (Å²) in [4.78, 5) is 3.96. The molecule has 0 bridgehead atoms. The van der Waals surface area contributed by atoms with Gasteiger partial charge in [0.1, 0.15) is 5.15 Å². The van der Waals surface area contributed by atoms with Gasteiger partial charge in [0.05, 0.1) is 11.7 Å². The second-order valence-corrected chi connectivity index (χ2v) is 3.21. The minimum Gasteiger partial charge on any atom is -0.449 e. The first kappa shape index (κ1) is 8.60. The lowest BCUT2D eigenvalue weighted by atomic mass is 9.96. The molecule has 2 rings (SSSR count). The third kappa shape index (κ3) is 1.32. The lowest BCUT2D eigenvalue weighted by Gasteiger charge is -1.98. The van der Waals surface area contributed by atoms with E-state index >= 15 is 0 Å². The molecule has 3 nitrogen and oxygen atoms in total. The molecule has 2 aromatic rings. The molecular formula is C8H7BClN2O. The van der Waals surface area contributed by atoms with Crippen LogP contribution in [0.4, 0.5) is 0 Å². The molecule has 1 radical (unpaired) electrons. The second-order valence-electron chi connectivity index (χ2n) is 2.82. The molecule has 0 aliphatic rings. The zero-order chi connectivity index (χ0) is 9.42. The SMILES string of the molecule is Cn1c([B]O)cc2cc(Cl)ncc21. The van der Waals surface area contributed by atoms with Gasteiger partial charge in [-0.2, -0.15) is 0 Å². The maximum Gasteiger partial charge on any atom is 0.345 e. The molecule has 65 valence electrons. The van der Waals surface area contributed by atoms with Crippen LogP contribution in [-0.4, -0.2) is 22.1 Å². The zero-order valence-corrected chi connectivity index (χ0v) is 7.78. The van der Waals surface area contributed by atoms with Crippen molar-refractivity contribution in [3.8, 4) is 0 Å². The van der Waals surface area contributed by atoms with Crippen molar-refractivity contribution >= 4 is 35.6 Å². The van der Waals surface area contributed by atoms with E-state index in [2.05, 4.69) is 4.98 Å². The van der Waals surface area contributed by atoms with Crippen molar-refractivity contribution in [1.29, 1.82) is 0 Å². The minimum absolute atomic E-state index is 0.461. The number of fused-ring (bicyclic) bond motifs is 1. The number of aryl methyl sites for hydroxylation is 1. The Kier molecular flexibility index (Phi) is 2.02. The Balaban J connectivity index is 2.76. The van der Waals surface area contributed by atoms with Gasteiger partial charge in [0, 0.05) is 18.0 Å². The van der Waals surface area contributed by atoms with E-state index < -0.39 is 0 Å². The highest BCUT2D eigenvalue weighted by atomic mass is 35.5. The van der Waals surface area contributed by atoms with Crippen LogP contribution in [0, 0.1) is 0 Å². The van der Waals surface area contributed by atoms with Gasteiger partial charge in [-0.25, -0.2) is 4.98 Å². The van der Waals surface area contributed by atoms with Gasteiger partial charge in [-0.15, -0.1) is 0 Å². The van der Waals surface area contributed by atoms with Gasteiger partial charge in [0.2, 0.25) is 0 Å². The van der Waals surface area contributed by atoms with Gasteiger partial charge in [0.15, 0.2) is 0 Å². The van der Waals surface area contributed by atoms with Gasteiger partial charge in [-0.05, 0) is 12.1 Å². The van der Waals surface area contributed by atoms with Gasteiger partial charge >= 0.3 is 7.48 Å². The van der Waals surface area contributed by atoms with E-state index in [-0.39, 0.29) is 0 Å². The molecule has 0 saturated carbocycles. The molecule has 0 unspecified atom stereocenters. The fourth-order valence-corrected chi connectivity index (χ4v) is 1.52. The lowest BCUT2D eigenvalue weighted by molar-refractivity contribution is 0.612. The summed E-state index contributed by atoms with van der Waals surface area (Å²) in [5.74, 6) is 0. The standard InChI is InChI=1S/C8H7BClN2O/c1-12-6-4-11-8(10)3-5(6)2-7(12)9-13/h2-4,13H,1H3. The topological polar surface area (TPSA) is 38.0 Å². The Morgan fingerprint density at radius 3 is 3.00 bits per heavy atom. The summed E-state index contributed by atoms with van der Waals surface area (Å²) in [5.41, 5.74) is 1.68. The van der Waals surface area contributed by atoms with E-state index in [0.717, 1.165) is 24.0 Å². The summed E-state index contributed by atoms with van der Waals surface area (Å²) in [6.45, 7) is 0. The predicted molar refractivity (Wildman–Crippen MR) is 53.3 cm³/mol. The molecule has 5 heteroatoms. The van der Waals surface area contributed by atoms with E-state index in [1.807, 2.05) is 17.7 Å². The highest BCUT2D eigenvalue weighted by Gasteiger charge is 2.06. The van der Waals surface area contributed by atoms with E-state index in [9.17, 15) is 0 Å². The Hall–Kier alpha value is -0.995. The van der Waals surface area contributed by atoms with Crippen molar-refractivity contribution in [2.45, 2.75) is 0 Å². The summed E-state index contributed by atoms with van der Waals surface area (Å²) >= 11 is 5.73. The van der Waals surface area contributed by atoms with E-state index in [0.29, 0.717) is 5.15 Å². The van der Waals surface area contributed by atoms with Crippen LogP contribution in [0.3, 0.4) is 0 Å². The monoisotopic (exact) mass is 193 g/mol. The Morgan fingerprint density at radius 1 is 1.54 bits per heavy atom. The molecule has 0 aromatic carbocycles. The summed E-state index contributed by atoms with van der Waals surface area (Å²) < 4.78 is 1.85. The molecule has 0 atom stereocenters. The molecule has 2 heterocycles. The van der Waals surface area contributed by atoms with Crippen molar-refractivity contribution in [3.05, 3.63) is 23.5 Å². The maximum atomic E-state index is 8.89. The highest BCUT2D eigenvalue weighted by Crippen LogP contribution is 2.15. The number of rotatable bonds is 1. The largest absolute Gasteiger partial charge is 0.449 e. The maximum absolute atomic E-state index is 8.89. The number of nitrogens with zero attached hydrogens (tertiary/aromatic N) is 2. The van der Waals surface area contributed by atoms with Crippen molar-refractivity contribution in [2.75, 3.05) is 0 Å². The Bertz CT molecular complexity index is 455. The smallest absolute Gasteiger partial charge is 0.345 e. The molecule has 13 heavy (non-hydrogen) atoms. The molecule has 0 fully saturated rings. The lowest BCUT2D eigenvalue weighted by Crippen LogP contribution is -2.21. The van der Waals surface area contributed by atoms with Crippen molar-refractivity contribution in [2.24, 2.45) is 7.05 Å². The molecule has 2 aromatic heterocycles. The summed E-state index contributed by atoms with van der Waals surface area (Å²) in [6, 6.07) is 3.62. The van der Waals surface area contributed by atoms with Crippen LogP contribution in [0.2, 0.25) is 5.15 Å². The Morgan fingerprint density at radius 2 is 2.31 bits per heavy atom. The molecule has 0 saturated heterocycles. The molecular weight excluding hydrogens is 186 g/mol. The van der Waals surface area contributed by atoms with Crippen LogP contribution in [0.5, 0.6) is 0 Å². The van der Waals surface area contributed by atoms with Crippen LogP contribution in [0.25, 0.3) is 10.9 Å². The highest BCUT2D eigenvalue weighted by molar-refractivity contribution is 6.45. The number of aromatic nitrogens is 2. The first-order chi connectivity index (χ1) is 6.22. The molecule has 0 aliphatic heterocycles. The summed E-state index contributed by atoms with van der Waals surface area (Å²) in [6.07, 6.45) is 1.69. The summed E-state index contributed by atoms with van der Waals surface area (Å²) in [5, 5.41) is 10.3. The van der Waals surface area contributed by atoms with Crippen LogP contribution in [0.15, 0.2) is 18.3 Å². The molecule has 0 spiro atoms. The summed E-state index contributed by atoms with van der Waals surface area (Å²) in [7, 11) is 2.92. The fraction of sp³-hybridized carbons (Fsp3) is 0.125. The van der Waals surface area contributed by atoms with Crippen LogP contribution in [0.1, 0.15) is 0 Å². The minimum atomic E-state index is 0.461. The normalized spacial score (nSPS) is 10.7. The Labute approximate surface area is 81.2 Å². The second kappa shape index (κ2) is 3.05. The van der Waals surface area contributed by atoms with Crippen molar-refractivity contribution in [1.82, 2.24) is 9.55 Å². The van der Waals surface area contributed by atoms with E-state index in [4.69, 9.17) is 16.6 Å². The predicted octanol–water partition coefficient (Wildman–Crippen LogP) is 0.463. The molecule has 0 aliphatic carbocycles. The number of pyridine rings is 1. The molecule has 1 N–H and O–H groups in total. The first-order valence-corrected chi connectivity index (χ1v) is 4.18. The van der Waals surface area contributed by atoms with Crippen LogP contribution < -0.4 is 5.59 Å². The average molecular weight is 193 g/mol. The van der Waals surface area contributed by atoms with Crippen molar-refractivity contribution < 1.29 is 5.02 Å². The third-order valence-corrected chi connectivity index (χ3v) is 2.27. The zero-order valence-electron chi connectivity index (χ0n) is 7.03. The number of hydrogen-bond acceptors (Lipinski definition) is 2. The van der Waals surface area contributed by atoms with Gasteiger partial charge in [-0.3, -0.25) is 0 Å². The number of hydrogen-bond donors (Lipinski definition) is 1.